The Morgan fingerprint density at radius 2 is 1.09 bits per heavy atom. The van der Waals surface area contributed by atoms with E-state index in [9.17, 15) is 34.5 Å². The number of nitrogens with zero attached hydrogens (tertiary/aromatic N) is 2. The minimum Gasteiger partial charge on any atom is -0.482 e. The first-order valence-corrected chi connectivity index (χ1v) is 14.3. The molecule has 0 bridgehead atoms. The predicted octanol–water partition coefficient (Wildman–Crippen LogP) is 1.05. The molecule has 0 aliphatic carbocycles. The standard InChI is InChI=1S/C17H19NO6.C16H17NO6/c1-23-17(22)15-16(24-11-12-5-3-2-4-6-12)14(21)7-8-18(15)9-13(20)10-19;18-9-12(19)8-17-7-6-13(20)15(14(17)16(21)22)23-10-11-4-2-1-3-5-11/h2-8,13,19-20H,9-11H2,1H3;1-7,12,18-19H,8-10H2,(H,21,22). The Morgan fingerprint density at radius 3 is 1.47 bits per heavy atom. The molecule has 0 spiro atoms. The Labute approximate surface area is 268 Å². The zero-order valence-electron chi connectivity index (χ0n) is 25.5. The molecule has 0 radical (unpaired) electrons. The number of hydrogen-bond acceptors (Lipinski definition) is 11. The number of carboxylic acids is 1. The Bertz CT molecular complexity index is 1720. The van der Waals surface area contributed by atoms with Gasteiger partial charge in [0.25, 0.3) is 0 Å². The Hall–Kier alpha value is -5.28. The first kappa shape index (κ1) is 36.2. The number of rotatable bonds is 14. The van der Waals surface area contributed by atoms with Crippen LogP contribution in [0.25, 0.3) is 0 Å². The van der Waals surface area contributed by atoms with Gasteiger partial charge in [0, 0.05) is 24.5 Å². The summed E-state index contributed by atoms with van der Waals surface area (Å²) in [4.78, 5) is 47.7. The molecule has 2 heterocycles. The number of ether oxygens (including phenoxy) is 3. The van der Waals surface area contributed by atoms with E-state index in [0.29, 0.717) is 0 Å². The molecule has 0 saturated carbocycles. The van der Waals surface area contributed by atoms with Crippen LogP contribution in [0.5, 0.6) is 11.5 Å². The van der Waals surface area contributed by atoms with Crippen molar-refractivity contribution in [1.82, 2.24) is 9.13 Å². The smallest absolute Gasteiger partial charge is 0.358 e. The summed E-state index contributed by atoms with van der Waals surface area (Å²) in [5, 5.41) is 46.4. The molecule has 14 nitrogen and oxygen atoms in total. The molecule has 2 unspecified atom stereocenters. The van der Waals surface area contributed by atoms with Gasteiger partial charge in [0.05, 0.1) is 45.6 Å². The summed E-state index contributed by atoms with van der Waals surface area (Å²) in [6.07, 6.45) is 0.374. The Balaban J connectivity index is 0.000000256. The molecule has 0 saturated heterocycles. The van der Waals surface area contributed by atoms with Crippen LogP contribution in [0.3, 0.4) is 0 Å². The molecule has 2 atom stereocenters. The summed E-state index contributed by atoms with van der Waals surface area (Å²) in [7, 11) is 1.19. The van der Waals surface area contributed by atoms with Crippen molar-refractivity contribution in [2.45, 2.75) is 38.5 Å². The lowest BCUT2D eigenvalue weighted by Crippen LogP contribution is -2.27. The van der Waals surface area contributed by atoms with Gasteiger partial charge in [0.1, 0.15) is 13.2 Å². The number of methoxy groups -OCH3 is 1. The second kappa shape index (κ2) is 18.0. The second-order valence-electron chi connectivity index (χ2n) is 10.0. The Morgan fingerprint density at radius 1 is 0.681 bits per heavy atom. The maximum Gasteiger partial charge on any atom is 0.358 e. The second-order valence-corrected chi connectivity index (χ2v) is 10.0. The normalized spacial score (nSPS) is 11.9. The minimum atomic E-state index is -1.35. The fourth-order valence-corrected chi connectivity index (χ4v) is 4.25. The van der Waals surface area contributed by atoms with Gasteiger partial charge < -0.3 is 48.9 Å². The number of carbonyl (C=O) groups excluding carboxylic acids is 1. The summed E-state index contributed by atoms with van der Waals surface area (Å²) in [5.41, 5.74) is 0.121. The summed E-state index contributed by atoms with van der Waals surface area (Å²) >= 11 is 0. The lowest BCUT2D eigenvalue weighted by Gasteiger charge is -2.17. The van der Waals surface area contributed by atoms with Crippen molar-refractivity contribution in [1.29, 1.82) is 0 Å². The van der Waals surface area contributed by atoms with Gasteiger partial charge in [0.15, 0.2) is 22.9 Å². The van der Waals surface area contributed by atoms with Crippen LogP contribution in [-0.2, 0) is 31.0 Å². The molecule has 0 aliphatic rings. The molecule has 4 rings (SSSR count). The van der Waals surface area contributed by atoms with E-state index in [1.54, 1.807) is 24.3 Å². The highest BCUT2D eigenvalue weighted by atomic mass is 16.5. The minimum absolute atomic E-state index is 0.0446. The van der Waals surface area contributed by atoms with Crippen molar-refractivity contribution in [3.8, 4) is 11.5 Å². The van der Waals surface area contributed by atoms with Gasteiger partial charge in [-0.05, 0) is 11.1 Å². The van der Waals surface area contributed by atoms with E-state index in [1.807, 2.05) is 36.4 Å². The zero-order valence-corrected chi connectivity index (χ0v) is 25.5. The number of benzene rings is 2. The first-order valence-electron chi connectivity index (χ1n) is 14.3. The first-order chi connectivity index (χ1) is 22.6. The van der Waals surface area contributed by atoms with Crippen LogP contribution in [0.15, 0.2) is 94.8 Å². The molecule has 2 aromatic heterocycles. The highest BCUT2D eigenvalue weighted by Gasteiger charge is 2.23. The summed E-state index contributed by atoms with van der Waals surface area (Å²) in [5.74, 6) is -2.57. The molecule has 4 aromatic rings. The van der Waals surface area contributed by atoms with Gasteiger partial charge >= 0.3 is 11.9 Å². The van der Waals surface area contributed by atoms with E-state index >= 15 is 0 Å². The van der Waals surface area contributed by atoms with E-state index in [4.69, 9.17) is 24.4 Å². The maximum atomic E-state index is 12.1. The predicted molar refractivity (Wildman–Crippen MR) is 167 cm³/mol. The van der Waals surface area contributed by atoms with Crippen LogP contribution in [0.1, 0.15) is 32.1 Å². The van der Waals surface area contributed by atoms with Gasteiger partial charge in [-0.1, -0.05) is 60.7 Å². The van der Waals surface area contributed by atoms with Gasteiger partial charge in [-0.3, -0.25) is 9.59 Å². The highest BCUT2D eigenvalue weighted by molar-refractivity contribution is 5.90. The lowest BCUT2D eigenvalue weighted by atomic mass is 10.2. The van der Waals surface area contributed by atoms with E-state index in [0.717, 1.165) is 17.2 Å². The fourth-order valence-electron chi connectivity index (χ4n) is 4.25. The van der Waals surface area contributed by atoms with Crippen molar-refractivity contribution in [2.24, 2.45) is 0 Å². The SMILES string of the molecule is COC(=O)c1c(OCc2ccccc2)c(=O)ccn1CC(O)CO.O=C(O)c1c(OCc2ccccc2)c(=O)ccn1CC(O)CO. The average Bonchev–Trinajstić information content (AvgIpc) is 3.08. The van der Waals surface area contributed by atoms with E-state index in [-0.39, 0.29) is 49.2 Å². The molecular formula is C33H36N2O12. The average molecular weight is 653 g/mol. The zero-order chi connectivity index (χ0) is 34.3. The quantitative estimate of drug-likeness (QED) is 0.121. The monoisotopic (exact) mass is 652 g/mol. The topological polar surface area (TPSA) is 207 Å². The summed E-state index contributed by atoms with van der Waals surface area (Å²) < 4.78 is 18.2. The number of aliphatic hydroxyl groups excluding tert-OH is 4. The van der Waals surface area contributed by atoms with Crippen LogP contribution in [0.2, 0.25) is 0 Å². The molecule has 250 valence electrons. The van der Waals surface area contributed by atoms with Gasteiger partial charge in [-0.15, -0.1) is 0 Å². The molecule has 5 N–H and O–H groups in total. The van der Waals surface area contributed by atoms with Gasteiger partial charge in [-0.25, -0.2) is 9.59 Å². The lowest BCUT2D eigenvalue weighted by molar-refractivity contribution is 0.0556. The fraction of sp³-hybridized carbons (Fsp3) is 0.273. The molecule has 47 heavy (non-hydrogen) atoms. The number of pyridine rings is 2. The number of carboxylic acid groups (broad SMARTS) is 1. The van der Waals surface area contributed by atoms with Gasteiger partial charge in [-0.2, -0.15) is 0 Å². The largest absolute Gasteiger partial charge is 0.482 e. The number of carbonyl (C=O) groups is 2. The van der Waals surface area contributed by atoms with Crippen LogP contribution in [0.4, 0.5) is 0 Å². The molecular weight excluding hydrogens is 616 g/mol. The number of aromatic nitrogens is 2. The van der Waals surface area contributed by atoms with E-state index in [1.165, 1.54) is 34.7 Å². The summed E-state index contributed by atoms with van der Waals surface area (Å²) in [6, 6.07) is 20.6. The molecule has 0 fully saturated rings. The molecule has 14 heteroatoms. The molecule has 0 amide bonds. The van der Waals surface area contributed by atoms with Crippen LogP contribution in [-0.4, -0.2) is 79.1 Å². The van der Waals surface area contributed by atoms with Crippen molar-refractivity contribution < 1.29 is 49.3 Å². The third-order valence-corrected chi connectivity index (χ3v) is 6.53. The van der Waals surface area contributed by atoms with Crippen molar-refractivity contribution in [2.75, 3.05) is 20.3 Å². The highest BCUT2D eigenvalue weighted by Crippen LogP contribution is 2.18. The summed E-state index contributed by atoms with van der Waals surface area (Å²) in [6.45, 7) is -1.10. The van der Waals surface area contributed by atoms with E-state index in [2.05, 4.69) is 0 Å². The van der Waals surface area contributed by atoms with Crippen molar-refractivity contribution >= 4 is 11.9 Å². The third-order valence-electron chi connectivity index (χ3n) is 6.53. The van der Waals surface area contributed by atoms with Gasteiger partial charge in [0.2, 0.25) is 10.9 Å². The molecule has 2 aromatic carbocycles. The van der Waals surface area contributed by atoms with Crippen molar-refractivity contribution in [3.63, 3.8) is 0 Å². The number of aromatic carboxylic acids is 1. The molecule has 0 aliphatic heterocycles. The number of aliphatic hydroxyl groups is 4. The van der Waals surface area contributed by atoms with Crippen molar-refractivity contribution in [3.05, 3.63) is 128 Å². The van der Waals surface area contributed by atoms with Crippen LogP contribution < -0.4 is 20.3 Å². The van der Waals surface area contributed by atoms with E-state index < -0.39 is 48.2 Å². The third kappa shape index (κ3) is 10.4. The number of esters is 1. The Kier molecular flexibility index (Phi) is 13.9. The van der Waals surface area contributed by atoms with Crippen LogP contribution in [0, 0.1) is 0 Å². The van der Waals surface area contributed by atoms with Crippen LogP contribution >= 0.6 is 0 Å². The number of hydrogen-bond donors (Lipinski definition) is 5. The maximum absolute atomic E-state index is 12.1.